The summed E-state index contributed by atoms with van der Waals surface area (Å²) in [4.78, 5) is 14.5. The molecule has 2 aromatic rings. The summed E-state index contributed by atoms with van der Waals surface area (Å²) in [5, 5.41) is 16.5. The molecule has 0 saturated carbocycles. The average molecular weight is 418 g/mol. The minimum Gasteiger partial charge on any atom is -0.454 e. The van der Waals surface area contributed by atoms with E-state index in [0.29, 0.717) is 28.8 Å². The van der Waals surface area contributed by atoms with Crippen molar-refractivity contribution in [1.82, 2.24) is 4.90 Å². The van der Waals surface area contributed by atoms with Crippen LogP contribution in [-0.4, -0.2) is 48.4 Å². The monoisotopic (exact) mass is 417 g/mol. The van der Waals surface area contributed by atoms with Crippen LogP contribution in [0.1, 0.15) is 18.4 Å². The van der Waals surface area contributed by atoms with Crippen LogP contribution in [0.15, 0.2) is 36.4 Å². The van der Waals surface area contributed by atoms with Gasteiger partial charge in [-0.25, -0.2) is 0 Å². The number of likely N-dealkylation sites (tertiary alicyclic amines) is 1. The Bertz CT molecular complexity index is 884. The smallest absolute Gasteiger partial charge is 0.238 e. The van der Waals surface area contributed by atoms with Crippen molar-refractivity contribution in [3.05, 3.63) is 47.0 Å². The van der Waals surface area contributed by atoms with Crippen molar-refractivity contribution in [3.8, 4) is 11.5 Å². The predicted octanol–water partition coefficient (Wildman–Crippen LogP) is 3.08. The summed E-state index contributed by atoms with van der Waals surface area (Å²) in [6.45, 7) is 2.11. The van der Waals surface area contributed by atoms with Gasteiger partial charge in [0.05, 0.1) is 13.2 Å². The highest BCUT2D eigenvalue weighted by Crippen LogP contribution is 2.34. The van der Waals surface area contributed by atoms with Crippen molar-refractivity contribution in [1.29, 1.82) is 0 Å². The Kier molecular flexibility index (Phi) is 6.08. The molecule has 0 unspecified atom stereocenters. The third-order valence-electron chi connectivity index (χ3n) is 5.25. The fraction of sp³-hybridized carbons (Fsp3) is 0.381. The molecule has 0 radical (unpaired) electrons. The average Bonchev–Trinajstić information content (AvgIpc) is 3.17. The van der Waals surface area contributed by atoms with Gasteiger partial charge in [0.15, 0.2) is 11.5 Å². The molecule has 29 heavy (non-hydrogen) atoms. The topological polar surface area (TPSA) is 83.1 Å². The summed E-state index contributed by atoms with van der Waals surface area (Å²) >= 11 is 6.16. The van der Waals surface area contributed by atoms with Gasteiger partial charge in [-0.05, 0) is 37.1 Å². The number of amides is 1. The number of rotatable bonds is 6. The third-order valence-corrected chi connectivity index (χ3v) is 5.60. The van der Waals surface area contributed by atoms with Gasteiger partial charge in [0, 0.05) is 47.2 Å². The van der Waals surface area contributed by atoms with E-state index in [4.69, 9.17) is 21.1 Å². The third kappa shape index (κ3) is 4.75. The number of nitrogens with one attached hydrogen (secondary N) is 2. The van der Waals surface area contributed by atoms with Gasteiger partial charge >= 0.3 is 0 Å². The molecule has 2 aliphatic heterocycles. The van der Waals surface area contributed by atoms with Crippen molar-refractivity contribution in [2.45, 2.75) is 25.5 Å². The van der Waals surface area contributed by atoms with E-state index in [2.05, 4.69) is 15.5 Å². The highest BCUT2D eigenvalue weighted by Gasteiger charge is 2.22. The number of carbonyl (C=O) groups is 1. The molecule has 154 valence electrons. The van der Waals surface area contributed by atoms with Gasteiger partial charge in [-0.3, -0.25) is 9.69 Å². The molecule has 3 N–H and O–H groups in total. The Morgan fingerprint density at radius 3 is 2.76 bits per heavy atom. The van der Waals surface area contributed by atoms with Crippen molar-refractivity contribution < 1.29 is 19.4 Å². The van der Waals surface area contributed by atoms with Crippen LogP contribution < -0.4 is 20.1 Å². The zero-order valence-electron chi connectivity index (χ0n) is 16.0. The SMILES string of the molecule is O=C(CN1CCC(Nc2cccc(Cl)c2CO)CC1)Nc1ccc2c(c1)OCO2. The largest absolute Gasteiger partial charge is 0.454 e. The molecular weight excluding hydrogens is 394 g/mol. The van der Waals surface area contributed by atoms with E-state index in [1.807, 2.05) is 18.2 Å². The van der Waals surface area contributed by atoms with E-state index in [1.165, 1.54) is 0 Å². The Labute approximate surface area is 174 Å². The van der Waals surface area contributed by atoms with Crippen LogP contribution in [0.2, 0.25) is 5.02 Å². The summed E-state index contributed by atoms with van der Waals surface area (Å²) in [6.07, 6.45) is 1.82. The number of anilines is 2. The van der Waals surface area contributed by atoms with Gasteiger partial charge in [0.25, 0.3) is 0 Å². The van der Waals surface area contributed by atoms with E-state index in [-0.39, 0.29) is 25.3 Å². The molecule has 2 aliphatic rings. The van der Waals surface area contributed by atoms with Crippen molar-refractivity contribution in [3.63, 3.8) is 0 Å². The lowest BCUT2D eigenvalue weighted by molar-refractivity contribution is -0.117. The molecule has 2 heterocycles. The summed E-state index contributed by atoms with van der Waals surface area (Å²) < 4.78 is 10.6. The maximum atomic E-state index is 12.4. The fourth-order valence-corrected chi connectivity index (χ4v) is 3.92. The Morgan fingerprint density at radius 2 is 1.97 bits per heavy atom. The molecule has 0 aliphatic carbocycles. The first-order valence-corrected chi connectivity index (χ1v) is 10.1. The molecule has 8 heteroatoms. The maximum Gasteiger partial charge on any atom is 0.238 e. The molecule has 7 nitrogen and oxygen atoms in total. The molecular formula is C21H24ClN3O4. The van der Waals surface area contributed by atoms with Crippen molar-refractivity contribution >= 4 is 28.9 Å². The first-order valence-electron chi connectivity index (χ1n) is 9.69. The maximum absolute atomic E-state index is 12.4. The molecule has 1 saturated heterocycles. The summed E-state index contributed by atoms with van der Waals surface area (Å²) in [7, 11) is 0. The van der Waals surface area contributed by atoms with E-state index >= 15 is 0 Å². The number of piperidine rings is 1. The van der Waals surface area contributed by atoms with Crippen LogP contribution in [0.4, 0.5) is 11.4 Å². The Balaban J connectivity index is 1.26. The lowest BCUT2D eigenvalue weighted by Crippen LogP contribution is -2.42. The molecule has 2 aromatic carbocycles. The number of halogens is 1. The molecule has 4 rings (SSSR count). The summed E-state index contributed by atoms with van der Waals surface area (Å²) in [5.41, 5.74) is 2.30. The predicted molar refractivity (Wildman–Crippen MR) is 112 cm³/mol. The number of hydrogen-bond acceptors (Lipinski definition) is 6. The second-order valence-corrected chi connectivity index (χ2v) is 7.64. The van der Waals surface area contributed by atoms with Crippen LogP contribution in [0.25, 0.3) is 0 Å². The summed E-state index contributed by atoms with van der Waals surface area (Å²) in [5.74, 6) is 1.30. The number of fused-ring (bicyclic) bond motifs is 1. The van der Waals surface area contributed by atoms with E-state index in [9.17, 15) is 9.90 Å². The van der Waals surface area contributed by atoms with Gasteiger partial charge < -0.3 is 25.2 Å². The number of aliphatic hydroxyl groups excluding tert-OH is 1. The number of carbonyl (C=O) groups excluding carboxylic acids is 1. The first kappa shape index (κ1) is 19.8. The van der Waals surface area contributed by atoms with Crippen LogP contribution in [0.5, 0.6) is 11.5 Å². The van der Waals surface area contributed by atoms with E-state index in [1.54, 1.807) is 18.2 Å². The van der Waals surface area contributed by atoms with Gasteiger partial charge in [-0.15, -0.1) is 0 Å². The molecule has 1 fully saturated rings. The number of aliphatic hydroxyl groups is 1. The molecule has 0 aromatic heterocycles. The van der Waals surface area contributed by atoms with Crippen LogP contribution in [0.3, 0.4) is 0 Å². The number of ether oxygens (including phenoxy) is 2. The lowest BCUT2D eigenvalue weighted by atomic mass is 10.0. The van der Waals surface area contributed by atoms with Gasteiger partial charge in [0.2, 0.25) is 12.7 Å². The van der Waals surface area contributed by atoms with Crippen molar-refractivity contribution in [2.75, 3.05) is 37.1 Å². The highest BCUT2D eigenvalue weighted by molar-refractivity contribution is 6.31. The van der Waals surface area contributed by atoms with Gasteiger partial charge in [-0.1, -0.05) is 17.7 Å². The Morgan fingerprint density at radius 1 is 1.17 bits per heavy atom. The molecule has 0 atom stereocenters. The van der Waals surface area contributed by atoms with Crippen molar-refractivity contribution in [2.24, 2.45) is 0 Å². The normalized spacial score (nSPS) is 16.6. The summed E-state index contributed by atoms with van der Waals surface area (Å²) in [6, 6.07) is 11.3. The van der Waals surface area contributed by atoms with E-state index < -0.39 is 0 Å². The number of nitrogens with zero attached hydrogens (tertiary/aromatic N) is 1. The Hall–Kier alpha value is -2.48. The highest BCUT2D eigenvalue weighted by atomic mass is 35.5. The lowest BCUT2D eigenvalue weighted by Gasteiger charge is -2.32. The first-order chi connectivity index (χ1) is 14.1. The zero-order valence-corrected chi connectivity index (χ0v) is 16.7. The van der Waals surface area contributed by atoms with Crippen LogP contribution in [-0.2, 0) is 11.4 Å². The standard InChI is InChI=1S/C21H24ClN3O4/c22-17-2-1-3-18(16(17)12-26)23-14-6-8-25(9-7-14)11-21(27)24-15-4-5-19-20(10-15)29-13-28-19/h1-5,10,14,23,26H,6-9,11-13H2,(H,24,27). The second kappa shape index (κ2) is 8.90. The van der Waals surface area contributed by atoms with Crippen LogP contribution >= 0.6 is 11.6 Å². The molecule has 1 amide bonds. The molecule has 0 bridgehead atoms. The second-order valence-electron chi connectivity index (χ2n) is 7.24. The van der Waals surface area contributed by atoms with Gasteiger partial charge in [0.1, 0.15) is 0 Å². The van der Waals surface area contributed by atoms with E-state index in [0.717, 1.165) is 37.2 Å². The fourth-order valence-electron chi connectivity index (χ4n) is 3.69. The number of hydrogen-bond donors (Lipinski definition) is 3. The zero-order chi connectivity index (χ0) is 20.2. The van der Waals surface area contributed by atoms with Crippen LogP contribution in [0, 0.1) is 0 Å². The quantitative estimate of drug-likeness (QED) is 0.670. The minimum absolute atomic E-state index is 0.0484. The minimum atomic E-state index is -0.0963. The van der Waals surface area contributed by atoms with Gasteiger partial charge in [-0.2, -0.15) is 0 Å². The molecule has 0 spiro atoms. The number of benzene rings is 2.